The smallest absolute Gasteiger partial charge is 0.191 e. The quantitative estimate of drug-likeness (QED) is 0.453. The molecule has 0 aromatic carbocycles. The van der Waals surface area contributed by atoms with Crippen LogP contribution in [-0.4, -0.2) is 56.8 Å². The number of ether oxygens (including phenoxy) is 1. The summed E-state index contributed by atoms with van der Waals surface area (Å²) in [5.41, 5.74) is 0. The lowest BCUT2D eigenvalue weighted by atomic mass is 9.97. The molecule has 2 aromatic rings. The van der Waals surface area contributed by atoms with Crippen LogP contribution in [0.4, 0.5) is 0 Å². The van der Waals surface area contributed by atoms with Crippen LogP contribution in [0, 0.1) is 11.8 Å². The SMILES string of the molecule is CC1CCN(C(CN=C(NCCc2ccco2)NCC2CCOC2)c2cccs2)CC1. The minimum Gasteiger partial charge on any atom is -0.469 e. The third-order valence-electron chi connectivity index (χ3n) is 6.38. The number of guanidine groups is 1. The average Bonchev–Trinajstić information content (AvgIpc) is 3.57. The number of hydrogen-bond donors (Lipinski definition) is 2. The molecule has 4 rings (SSSR count). The lowest BCUT2D eigenvalue weighted by molar-refractivity contribution is 0.143. The number of piperidine rings is 1. The molecule has 2 aliphatic rings. The fraction of sp³-hybridized carbons (Fsp3) is 0.625. The van der Waals surface area contributed by atoms with Gasteiger partial charge >= 0.3 is 0 Å². The summed E-state index contributed by atoms with van der Waals surface area (Å²) in [6, 6.07) is 8.73. The molecule has 0 radical (unpaired) electrons. The first-order valence-electron chi connectivity index (χ1n) is 11.7. The molecule has 4 heterocycles. The summed E-state index contributed by atoms with van der Waals surface area (Å²) in [6.07, 6.45) is 6.25. The Balaban J connectivity index is 1.39. The Morgan fingerprint density at radius 2 is 2.13 bits per heavy atom. The first kappa shape index (κ1) is 22.4. The largest absolute Gasteiger partial charge is 0.469 e. The van der Waals surface area contributed by atoms with Crippen molar-refractivity contribution in [2.75, 3.05) is 45.9 Å². The zero-order valence-electron chi connectivity index (χ0n) is 18.6. The van der Waals surface area contributed by atoms with Crippen molar-refractivity contribution in [3.8, 4) is 0 Å². The number of nitrogens with zero attached hydrogens (tertiary/aromatic N) is 2. The number of nitrogens with one attached hydrogen (secondary N) is 2. The van der Waals surface area contributed by atoms with Crippen LogP contribution < -0.4 is 10.6 Å². The second kappa shape index (κ2) is 11.7. The third kappa shape index (κ3) is 6.82. The summed E-state index contributed by atoms with van der Waals surface area (Å²) < 4.78 is 11.0. The number of thiophene rings is 1. The van der Waals surface area contributed by atoms with Gasteiger partial charge in [-0.25, -0.2) is 0 Å². The molecule has 170 valence electrons. The molecule has 2 N–H and O–H groups in total. The van der Waals surface area contributed by atoms with Crippen LogP contribution in [0.15, 0.2) is 45.3 Å². The monoisotopic (exact) mass is 444 g/mol. The van der Waals surface area contributed by atoms with Crippen molar-refractivity contribution in [1.29, 1.82) is 0 Å². The minimum absolute atomic E-state index is 0.353. The van der Waals surface area contributed by atoms with E-state index >= 15 is 0 Å². The highest BCUT2D eigenvalue weighted by Crippen LogP contribution is 2.29. The van der Waals surface area contributed by atoms with Crippen LogP contribution in [0.2, 0.25) is 0 Å². The van der Waals surface area contributed by atoms with Crippen LogP contribution >= 0.6 is 11.3 Å². The van der Waals surface area contributed by atoms with Gasteiger partial charge in [-0.2, -0.15) is 0 Å². The molecular weight excluding hydrogens is 408 g/mol. The molecular formula is C24H36N4O2S. The van der Waals surface area contributed by atoms with Crippen molar-refractivity contribution in [3.63, 3.8) is 0 Å². The average molecular weight is 445 g/mol. The van der Waals surface area contributed by atoms with Gasteiger partial charge in [-0.15, -0.1) is 11.3 Å². The Morgan fingerprint density at radius 1 is 1.23 bits per heavy atom. The first-order valence-corrected chi connectivity index (χ1v) is 12.6. The van der Waals surface area contributed by atoms with E-state index in [9.17, 15) is 0 Å². The molecule has 0 saturated carbocycles. The maximum Gasteiger partial charge on any atom is 0.191 e. The van der Waals surface area contributed by atoms with Gasteiger partial charge in [-0.05, 0) is 61.8 Å². The first-order chi connectivity index (χ1) is 15.3. The molecule has 31 heavy (non-hydrogen) atoms. The Bertz CT molecular complexity index is 764. The van der Waals surface area contributed by atoms with Crippen LogP contribution in [0.5, 0.6) is 0 Å². The van der Waals surface area contributed by atoms with Gasteiger partial charge in [-0.3, -0.25) is 9.89 Å². The highest BCUT2D eigenvalue weighted by molar-refractivity contribution is 7.10. The van der Waals surface area contributed by atoms with E-state index < -0.39 is 0 Å². The van der Waals surface area contributed by atoms with Crippen molar-refractivity contribution in [1.82, 2.24) is 15.5 Å². The van der Waals surface area contributed by atoms with Crippen molar-refractivity contribution in [3.05, 3.63) is 46.5 Å². The Morgan fingerprint density at radius 3 is 2.84 bits per heavy atom. The van der Waals surface area contributed by atoms with E-state index in [1.54, 1.807) is 6.26 Å². The fourth-order valence-corrected chi connectivity index (χ4v) is 5.15. The topological polar surface area (TPSA) is 62.0 Å². The molecule has 2 aromatic heterocycles. The summed E-state index contributed by atoms with van der Waals surface area (Å²) in [5, 5.41) is 9.26. The summed E-state index contributed by atoms with van der Waals surface area (Å²) in [5.74, 6) is 3.28. The molecule has 0 amide bonds. The Labute approximate surface area is 190 Å². The molecule has 2 unspecified atom stereocenters. The maximum atomic E-state index is 5.54. The predicted octanol–water partition coefficient (Wildman–Crippen LogP) is 3.93. The van der Waals surface area contributed by atoms with E-state index in [2.05, 4.69) is 40.0 Å². The zero-order chi connectivity index (χ0) is 21.3. The van der Waals surface area contributed by atoms with Crippen LogP contribution in [0.1, 0.15) is 42.9 Å². The van der Waals surface area contributed by atoms with E-state index in [1.165, 1.54) is 17.7 Å². The number of aliphatic imine (C=N–C) groups is 1. The second-order valence-corrected chi connectivity index (χ2v) is 9.78. The van der Waals surface area contributed by atoms with Crippen LogP contribution in [0.3, 0.4) is 0 Å². The normalized spacial score (nSPS) is 22.0. The van der Waals surface area contributed by atoms with Gasteiger partial charge in [0.25, 0.3) is 0 Å². The van der Waals surface area contributed by atoms with E-state index in [0.29, 0.717) is 12.0 Å². The minimum atomic E-state index is 0.353. The standard InChI is InChI=1S/C24H36N4O2S/c1-19-7-11-28(12-8-19)22(23-5-3-15-31-23)17-27-24(26-16-20-9-14-29-18-20)25-10-6-21-4-2-13-30-21/h2-5,13,15,19-20,22H,6-12,14,16-18H2,1H3,(H2,25,26,27). The summed E-state index contributed by atoms with van der Waals surface area (Å²) in [7, 11) is 0. The third-order valence-corrected chi connectivity index (χ3v) is 7.35. The second-order valence-electron chi connectivity index (χ2n) is 8.81. The molecule has 0 bridgehead atoms. The molecule has 0 aliphatic carbocycles. The predicted molar refractivity (Wildman–Crippen MR) is 127 cm³/mol. The summed E-state index contributed by atoms with van der Waals surface area (Å²) >= 11 is 1.85. The maximum absolute atomic E-state index is 5.54. The molecule has 6 nitrogen and oxygen atoms in total. The zero-order valence-corrected chi connectivity index (χ0v) is 19.4. The van der Waals surface area contributed by atoms with Crippen molar-refractivity contribution in [2.24, 2.45) is 16.8 Å². The lowest BCUT2D eigenvalue weighted by Crippen LogP contribution is -2.42. The summed E-state index contributed by atoms with van der Waals surface area (Å²) in [6.45, 7) is 8.87. The number of likely N-dealkylation sites (tertiary alicyclic amines) is 1. The molecule has 0 spiro atoms. The molecule has 7 heteroatoms. The fourth-order valence-electron chi connectivity index (χ4n) is 4.30. The van der Waals surface area contributed by atoms with Gasteiger partial charge in [0, 0.05) is 36.9 Å². The highest BCUT2D eigenvalue weighted by Gasteiger charge is 2.25. The van der Waals surface area contributed by atoms with Gasteiger partial charge in [0.2, 0.25) is 0 Å². The molecule has 2 aliphatic heterocycles. The molecule has 2 saturated heterocycles. The molecule has 2 atom stereocenters. The van der Waals surface area contributed by atoms with Crippen LogP contribution in [-0.2, 0) is 11.2 Å². The number of furan rings is 1. The van der Waals surface area contributed by atoms with Crippen molar-refractivity contribution >= 4 is 17.3 Å². The van der Waals surface area contributed by atoms with Crippen molar-refractivity contribution in [2.45, 2.75) is 38.6 Å². The van der Waals surface area contributed by atoms with E-state index in [0.717, 1.165) is 76.4 Å². The van der Waals surface area contributed by atoms with Gasteiger partial charge in [0.1, 0.15) is 5.76 Å². The highest BCUT2D eigenvalue weighted by atomic mass is 32.1. The van der Waals surface area contributed by atoms with E-state index in [4.69, 9.17) is 14.1 Å². The summed E-state index contributed by atoms with van der Waals surface area (Å²) in [4.78, 5) is 9.08. The Hall–Kier alpha value is -1.83. The Kier molecular flexibility index (Phi) is 8.44. The lowest BCUT2D eigenvalue weighted by Gasteiger charge is -2.35. The molecule has 2 fully saturated rings. The van der Waals surface area contributed by atoms with Gasteiger partial charge in [-0.1, -0.05) is 13.0 Å². The van der Waals surface area contributed by atoms with Gasteiger partial charge < -0.3 is 19.8 Å². The van der Waals surface area contributed by atoms with Crippen LogP contribution in [0.25, 0.3) is 0 Å². The van der Waals surface area contributed by atoms with Gasteiger partial charge in [0.15, 0.2) is 5.96 Å². The number of rotatable bonds is 9. The van der Waals surface area contributed by atoms with Gasteiger partial charge in [0.05, 0.1) is 25.5 Å². The van der Waals surface area contributed by atoms with Crippen molar-refractivity contribution < 1.29 is 9.15 Å². The number of hydrogen-bond acceptors (Lipinski definition) is 5. The van der Waals surface area contributed by atoms with E-state index in [1.807, 2.05) is 23.5 Å². The van der Waals surface area contributed by atoms with E-state index in [-0.39, 0.29) is 0 Å².